The summed E-state index contributed by atoms with van der Waals surface area (Å²) in [4.78, 5) is 18.5. The van der Waals surface area contributed by atoms with Crippen LogP contribution in [0.3, 0.4) is 0 Å². The van der Waals surface area contributed by atoms with Gasteiger partial charge in [-0.05, 0) is 59.5 Å². The van der Waals surface area contributed by atoms with Crippen LogP contribution in [0.4, 0.5) is 5.69 Å². The normalized spacial score (nSPS) is 16.7. The standard InChI is InChI=1S/C22H25N3O2S/c1-16(26)23-19-6-7-22-18(11-19)4-5-20(24-22)13-25(12-17-8-10-28-15-17)14-21-3-2-9-27-21/h4-8,10-11,15,21H,2-3,9,12-14H2,1H3,(H,23,26). The number of thiophene rings is 1. The second kappa shape index (κ2) is 8.82. The first-order chi connectivity index (χ1) is 13.7. The van der Waals surface area contributed by atoms with Crippen LogP contribution in [0.2, 0.25) is 0 Å². The van der Waals surface area contributed by atoms with Crippen molar-refractivity contribution in [2.75, 3.05) is 18.5 Å². The quantitative estimate of drug-likeness (QED) is 0.643. The predicted molar refractivity (Wildman–Crippen MR) is 113 cm³/mol. The van der Waals surface area contributed by atoms with E-state index in [2.05, 4.69) is 39.2 Å². The second-order valence-corrected chi connectivity index (χ2v) is 8.11. The van der Waals surface area contributed by atoms with Gasteiger partial charge in [-0.15, -0.1) is 0 Å². The number of amides is 1. The number of carbonyl (C=O) groups is 1. The summed E-state index contributed by atoms with van der Waals surface area (Å²) >= 11 is 1.73. The van der Waals surface area contributed by atoms with Gasteiger partial charge < -0.3 is 10.1 Å². The minimum absolute atomic E-state index is 0.0675. The summed E-state index contributed by atoms with van der Waals surface area (Å²) in [6.45, 7) is 5.02. The van der Waals surface area contributed by atoms with E-state index >= 15 is 0 Å². The van der Waals surface area contributed by atoms with E-state index in [1.165, 1.54) is 12.5 Å². The van der Waals surface area contributed by atoms with E-state index < -0.39 is 0 Å². The number of benzene rings is 1. The Morgan fingerprint density at radius 3 is 2.96 bits per heavy atom. The highest BCUT2D eigenvalue weighted by molar-refractivity contribution is 7.07. The van der Waals surface area contributed by atoms with Crippen LogP contribution >= 0.6 is 11.3 Å². The number of rotatable bonds is 7. The highest BCUT2D eigenvalue weighted by atomic mass is 32.1. The van der Waals surface area contributed by atoms with E-state index in [1.807, 2.05) is 18.2 Å². The van der Waals surface area contributed by atoms with E-state index in [-0.39, 0.29) is 5.91 Å². The number of fused-ring (bicyclic) bond motifs is 1. The van der Waals surface area contributed by atoms with Gasteiger partial charge in [0.05, 0.1) is 17.3 Å². The van der Waals surface area contributed by atoms with Crippen LogP contribution in [-0.2, 0) is 22.6 Å². The third-order valence-corrected chi connectivity index (χ3v) is 5.66. The Morgan fingerprint density at radius 1 is 1.29 bits per heavy atom. The molecule has 0 radical (unpaired) electrons. The van der Waals surface area contributed by atoms with Crippen molar-refractivity contribution in [3.8, 4) is 0 Å². The molecular weight excluding hydrogens is 370 g/mol. The average Bonchev–Trinajstić information content (AvgIpc) is 3.35. The molecule has 5 nitrogen and oxygen atoms in total. The molecule has 1 amide bonds. The second-order valence-electron chi connectivity index (χ2n) is 7.33. The van der Waals surface area contributed by atoms with Gasteiger partial charge in [0, 0.05) is 44.2 Å². The van der Waals surface area contributed by atoms with Gasteiger partial charge in [0.1, 0.15) is 0 Å². The molecule has 1 aliphatic heterocycles. The molecule has 28 heavy (non-hydrogen) atoms. The van der Waals surface area contributed by atoms with Crippen molar-refractivity contribution in [2.45, 2.75) is 39.0 Å². The summed E-state index contributed by atoms with van der Waals surface area (Å²) in [7, 11) is 0. The summed E-state index contributed by atoms with van der Waals surface area (Å²) in [6, 6.07) is 12.2. The molecular formula is C22H25N3O2S. The number of hydrogen-bond acceptors (Lipinski definition) is 5. The summed E-state index contributed by atoms with van der Waals surface area (Å²) < 4.78 is 5.86. The molecule has 1 fully saturated rings. The van der Waals surface area contributed by atoms with Crippen LogP contribution in [0.1, 0.15) is 31.0 Å². The molecule has 0 aliphatic carbocycles. The van der Waals surface area contributed by atoms with Crippen molar-refractivity contribution < 1.29 is 9.53 Å². The summed E-state index contributed by atoms with van der Waals surface area (Å²) in [5.74, 6) is -0.0675. The molecule has 0 spiro atoms. The Balaban J connectivity index is 1.51. The fourth-order valence-electron chi connectivity index (χ4n) is 3.67. The third kappa shape index (κ3) is 4.95. The maximum absolute atomic E-state index is 11.3. The van der Waals surface area contributed by atoms with Gasteiger partial charge in [0.15, 0.2) is 0 Å². The van der Waals surface area contributed by atoms with Gasteiger partial charge >= 0.3 is 0 Å². The lowest BCUT2D eigenvalue weighted by Gasteiger charge is -2.24. The number of carbonyl (C=O) groups excluding carboxylic acids is 1. The van der Waals surface area contributed by atoms with Crippen LogP contribution < -0.4 is 5.32 Å². The zero-order chi connectivity index (χ0) is 19.3. The first kappa shape index (κ1) is 19.1. The fraction of sp³-hybridized carbons (Fsp3) is 0.364. The van der Waals surface area contributed by atoms with Crippen molar-refractivity contribution in [1.82, 2.24) is 9.88 Å². The zero-order valence-electron chi connectivity index (χ0n) is 16.1. The van der Waals surface area contributed by atoms with Gasteiger partial charge in [-0.2, -0.15) is 11.3 Å². The van der Waals surface area contributed by atoms with Crippen LogP contribution in [0.15, 0.2) is 47.2 Å². The van der Waals surface area contributed by atoms with Crippen molar-refractivity contribution in [3.05, 3.63) is 58.4 Å². The Bertz CT molecular complexity index is 936. The Hall–Kier alpha value is -2.28. The summed E-state index contributed by atoms with van der Waals surface area (Å²) in [5.41, 5.74) is 4.13. The molecule has 4 rings (SSSR count). The van der Waals surface area contributed by atoms with Crippen LogP contribution in [0.5, 0.6) is 0 Å². The molecule has 1 atom stereocenters. The van der Waals surface area contributed by atoms with Crippen molar-refractivity contribution in [1.29, 1.82) is 0 Å². The Morgan fingerprint density at radius 2 is 2.21 bits per heavy atom. The number of aromatic nitrogens is 1. The van der Waals surface area contributed by atoms with Gasteiger partial charge in [0.25, 0.3) is 0 Å². The lowest BCUT2D eigenvalue weighted by Crippen LogP contribution is -2.31. The van der Waals surface area contributed by atoms with Gasteiger partial charge in [-0.3, -0.25) is 14.7 Å². The van der Waals surface area contributed by atoms with Crippen molar-refractivity contribution in [2.24, 2.45) is 0 Å². The Kier molecular flexibility index (Phi) is 6.00. The molecule has 0 bridgehead atoms. The van der Waals surface area contributed by atoms with E-state index in [4.69, 9.17) is 9.72 Å². The first-order valence-electron chi connectivity index (χ1n) is 9.68. The molecule has 6 heteroatoms. The molecule has 3 aromatic rings. The number of ether oxygens (including phenoxy) is 1. The summed E-state index contributed by atoms with van der Waals surface area (Å²) in [5, 5.41) is 8.18. The number of pyridine rings is 1. The highest BCUT2D eigenvalue weighted by Crippen LogP contribution is 2.21. The largest absolute Gasteiger partial charge is 0.377 e. The average molecular weight is 396 g/mol. The number of nitrogens with one attached hydrogen (secondary N) is 1. The highest BCUT2D eigenvalue weighted by Gasteiger charge is 2.20. The minimum Gasteiger partial charge on any atom is -0.377 e. The van der Waals surface area contributed by atoms with E-state index in [0.29, 0.717) is 6.10 Å². The molecule has 1 aromatic carbocycles. The lowest BCUT2D eigenvalue weighted by atomic mass is 10.1. The molecule has 1 aliphatic rings. The smallest absolute Gasteiger partial charge is 0.221 e. The lowest BCUT2D eigenvalue weighted by molar-refractivity contribution is -0.114. The molecule has 0 saturated carbocycles. The van der Waals surface area contributed by atoms with Gasteiger partial charge in [-0.1, -0.05) is 6.07 Å². The van der Waals surface area contributed by atoms with Crippen molar-refractivity contribution in [3.63, 3.8) is 0 Å². The van der Waals surface area contributed by atoms with Gasteiger partial charge in [0.2, 0.25) is 5.91 Å². The van der Waals surface area contributed by atoms with Crippen LogP contribution in [-0.4, -0.2) is 35.0 Å². The third-order valence-electron chi connectivity index (χ3n) is 4.92. The molecule has 1 N–H and O–H groups in total. The summed E-state index contributed by atoms with van der Waals surface area (Å²) in [6.07, 6.45) is 2.61. The minimum atomic E-state index is -0.0675. The van der Waals surface area contributed by atoms with E-state index in [1.54, 1.807) is 11.3 Å². The molecule has 1 saturated heterocycles. The number of anilines is 1. The molecule has 146 valence electrons. The van der Waals surface area contributed by atoms with Crippen molar-refractivity contribution >= 4 is 33.8 Å². The maximum Gasteiger partial charge on any atom is 0.221 e. The molecule has 2 aromatic heterocycles. The van der Waals surface area contributed by atoms with Gasteiger partial charge in [-0.25, -0.2) is 0 Å². The number of hydrogen-bond donors (Lipinski definition) is 1. The molecule has 3 heterocycles. The Labute approximate surface area is 169 Å². The first-order valence-corrected chi connectivity index (χ1v) is 10.6. The zero-order valence-corrected chi connectivity index (χ0v) is 16.9. The maximum atomic E-state index is 11.3. The monoisotopic (exact) mass is 395 g/mol. The topological polar surface area (TPSA) is 54.5 Å². The van der Waals surface area contributed by atoms with Crippen LogP contribution in [0.25, 0.3) is 10.9 Å². The fourth-order valence-corrected chi connectivity index (χ4v) is 4.33. The molecule has 1 unspecified atom stereocenters. The van der Waals surface area contributed by atoms with Crippen LogP contribution in [0, 0.1) is 0 Å². The van der Waals surface area contributed by atoms with E-state index in [9.17, 15) is 4.79 Å². The number of nitrogens with zero attached hydrogens (tertiary/aromatic N) is 2. The predicted octanol–water partition coefficient (Wildman–Crippen LogP) is 4.44. The SMILES string of the molecule is CC(=O)Nc1ccc2nc(CN(Cc3ccsc3)CC3CCCO3)ccc2c1. The van der Waals surface area contributed by atoms with E-state index in [0.717, 1.165) is 61.4 Å².